The molecule has 1 N–H and O–H groups in total. The van der Waals surface area contributed by atoms with Crippen molar-refractivity contribution >= 4 is 11.9 Å². The van der Waals surface area contributed by atoms with E-state index in [-0.39, 0.29) is 18.0 Å². The Morgan fingerprint density at radius 3 is 1.64 bits per heavy atom. The van der Waals surface area contributed by atoms with E-state index in [1.807, 2.05) is 0 Å². The molecule has 0 fully saturated rings. The summed E-state index contributed by atoms with van der Waals surface area (Å²) in [4.78, 5) is 30.4. The molecule has 1 aromatic rings. The molecule has 0 bridgehead atoms. The largest absolute Gasteiger partial charge is 0.476 e. The normalized spacial score (nSPS) is 10.8. The third-order valence-corrected chi connectivity index (χ3v) is 4.83. The molecule has 158 valence electrons. The minimum Gasteiger partial charge on any atom is -0.476 e. The summed E-state index contributed by atoms with van der Waals surface area (Å²) in [5.74, 6) is -2.00. The van der Waals surface area contributed by atoms with Crippen LogP contribution in [0.5, 0.6) is 0 Å². The predicted molar refractivity (Wildman–Crippen MR) is 110 cm³/mol. The van der Waals surface area contributed by atoms with Crippen LogP contribution in [0.4, 0.5) is 0 Å². The zero-order chi connectivity index (χ0) is 20.5. The molecule has 0 radical (unpaired) electrons. The average molecular weight is 393 g/mol. The summed E-state index contributed by atoms with van der Waals surface area (Å²) in [6.07, 6.45) is 20.2. The zero-order valence-corrected chi connectivity index (χ0v) is 17.3. The molecule has 0 unspecified atom stereocenters. The molecule has 0 aliphatic heterocycles. The number of ether oxygens (including phenoxy) is 1. The fourth-order valence-electron chi connectivity index (χ4n) is 3.17. The van der Waals surface area contributed by atoms with Crippen LogP contribution in [0, 0.1) is 0 Å². The third-order valence-electron chi connectivity index (χ3n) is 4.83. The Kier molecular flexibility index (Phi) is 13.8. The number of unbranched alkanes of at least 4 members (excludes halogenated alkanes) is 13. The van der Waals surface area contributed by atoms with Gasteiger partial charge in [-0.25, -0.2) is 19.6 Å². The number of carboxylic acids is 1. The number of nitrogens with zero attached hydrogens (tertiary/aromatic N) is 2. The second-order valence-electron chi connectivity index (χ2n) is 7.29. The third kappa shape index (κ3) is 11.0. The summed E-state index contributed by atoms with van der Waals surface area (Å²) in [7, 11) is 0. The van der Waals surface area contributed by atoms with Crippen LogP contribution in [-0.4, -0.2) is 33.6 Å². The van der Waals surface area contributed by atoms with E-state index in [1.54, 1.807) is 0 Å². The molecule has 1 aromatic heterocycles. The maximum atomic E-state index is 11.9. The second kappa shape index (κ2) is 16.0. The number of hydrogen-bond acceptors (Lipinski definition) is 5. The highest BCUT2D eigenvalue weighted by molar-refractivity contribution is 5.99. The minimum absolute atomic E-state index is 0.236. The lowest BCUT2D eigenvalue weighted by Crippen LogP contribution is -2.15. The van der Waals surface area contributed by atoms with Gasteiger partial charge >= 0.3 is 11.9 Å². The summed E-state index contributed by atoms with van der Waals surface area (Å²) in [5.41, 5.74) is -0.603. The first-order valence-electron chi connectivity index (χ1n) is 10.9. The summed E-state index contributed by atoms with van der Waals surface area (Å²) in [5, 5.41) is 9.01. The van der Waals surface area contributed by atoms with Gasteiger partial charge in [-0.3, -0.25) is 0 Å². The first-order chi connectivity index (χ1) is 13.7. The van der Waals surface area contributed by atoms with Gasteiger partial charge in [-0.2, -0.15) is 0 Å². The van der Waals surface area contributed by atoms with Gasteiger partial charge in [0, 0.05) is 12.4 Å². The Morgan fingerprint density at radius 1 is 0.750 bits per heavy atom. The van der Waals surface area contributed by atoms with Gasteiger partial charge in [0.15, 0.2) is 11.4 Å². The van der Waals surface area contributed by atoms with Crippen molar-refractivity contribution in [3.8, 4) is 0 Å². The standard InChI is InChI=1S/C22H36N2O4/c1-2-3-4-5-6-7-8-9-10-11-12-13-14-15-18-28-22(27)20-19(21(25)26)23-16-17-24-20/h16-17H,2-15,18H2,1H3,(H,25,26). The van der Waals surface area contributed by atoms with Crippen LogP contribution in [0.3, 0.4) is 0 Å². The number of aromatic carboxylic acids is 1. The quantitative estimate of drug-likeness (QED) is 0.266. The fraction of sp³-hybridized carbons (Fsp3) is 0.727. The van der Waals surface area contributed by atoms with Crippen LogP contribution in [-0.2, 0) is 4.74 Å². The SMILES string of the molecule is CCCCCCCCCCCCCCCCOC(=O)c1nccnc1C(=O)O. The van der Waals surface area contributed by atoms with E-state index < -0.39 is 11.9 Å². The van der Waals surface area contributed by atoms with Crippen LogP contribution in [0.25, 0.3) is 0 Å². The van der Waals surface area contributed by atoms with Gasteiger partial charge in [-0.15, -0.1) is 0 Å². The van der Waals surface area contributed by atoms with Crippen LogP contribution < -0.4 is 0 Å². The highest BCUT2D eigenvalue weighted by Crippen LogP contribution is 2.13. The summed E-state index contributed by atoms with van der Waals surface area (Å²) in [6.45, 7) is 2.54. The molecule has 0 aliphatic carbocycles. The van der Waals surface area contributed by atoms with Gasteiger partial charge in [0.25, 0.3) is 0 Å². The van der Waals surface area contributed by atoms with Crippen molar-refractivity contribution in [3.63, 3.8) is 0 Å². The maximum absolute atomic E-state index is 11.9. The minimum atomic E-state index is -1.28. The lowest BCUT2D eigenvalue weighted by Gasteiger charge is -2.06. The van der Waals surface area contributed by atoms with Crippen LogP contribution >= 0.6 is 0 Å². The molecule has 0 saturated carbocycles. The molecule has 0 atom stereocenters. The molecule has 1 heterocycles. The van der Waals surface area contributed by atoms with Crippen molar-refractivity contribution in [2.75, 3.05) is 6.61 Å². The van der Waals surface area contributed by atoms with E-state index in [1.165, 1.54) is 83.0 Å². The molecular formula is C22H36N2O4. The van der Waals surface area contributed by atoms with E-state index in [2.05, 4.69) is 16.9 Å². The molecule has 1 rings (SSSR count). The lowest BCUT2D eigenvalue weighted by molar-refractivity contribution is 0.0478. The molecule has 6 nitrogen and oxygen atoms in total. The Labute approximate surface area is 169 Å². The second-order valence-corrected chi connectivity index (χ2v) is 7.29. The van der Waals surface area contributed by atoms with Gasteiger partial charge in [-0.1, -0.05) is 90.4 Å². The van der Waals surface area contributed by atoms with E-state index in [4.69, 9.17) is 9.84 Å². The van der Waals surface area contributed by atoms with Crippen LogP contribution in [0.2, 0.25) is 0 Å². The van der Waals surface area contributed by atoms with E-state index in [0.29, 0.717) is 0 Å². The number of carboxylic acid groups (broad SMARTS) is 1. The highest BCUT2D eigenvalue weighted by atomic mass is 16.5. The van der Waals surface area contributed by atoms with Crippen molar-refractivity contribution < 1.29 is 19.4 Å². The number of carbonyl (C=O) groups is 2. The summed E-state index contributed by atoms with van der Waals surface area (Å²) >= 11 is 0. The van der Waals surface area contributed by atoms with Gasteiger partial charge in [0.2, 0.25) is 0 Å². The monoisotopic (exact) mass is 392 g/mol. The lowest BCUT2D eigenvalue weighted by atomic mass is 10.0. The molecule has 0 aliphatic rings. The van der Waals surface area contributed by atoms with Crippen molar-refractivity contribution in [2.24, 2.45) is 0 Å². The Bertz CT molecular complexity index is 563. The molecule has 0 spiro atoms. The maximum Gasteiger partial charge on any atom is 0.359 e. The first-order valence-corrected chi connectivity index (χ1v) is 10.9. The number of rotatable bonds is 17. The smallest absolute Gasteiger partial charge is 0.359 e. The molecule has 28 heavy (non-hydrogen) atoms. The first kappa shape index (κ1) is 24.1. The Balaban J connectivity index is 1.94. The Morgan fingerprint density at radius 2 is 1.18 bits per heavy atom. The fourth-order valence-corrected chi connectivity index (χ4v) is 3.17. The summed E-state index contributed by atoms with van der Waals surface area (Å²) < 4.78 is 5.12. The number of aromatic nitrogens is 2. The molecule has 0 aromatic carbocycles. The molecular weight excluding hydrogens is 356 g/mol. The van der Waals surface area contributed by atoms with Crippen LogP contribution in [0.1, 0.15) is 118 Å². The van der Waals surface area contributed by atoms with Crippen molar-refractivity contribution in [3.05, 3.63) is 23.8 Å². The average Bonchev–Trinajstić information content (AvgIpc) is 2.70. The van der Waals surface area contributed by atoms with E-state index in [0.717, 1.165) is 19.3 Å². The van der Waals surface area contributed by atoms with Crippen molar-refractivity contribution in [2.45, 2.75) is 96.8 Å². The van der Waals surface area contributed by atoms with Gasteiger partial charge < -0.3 is 9.84 Å². The van der Waals surface area contributed by atoms with Crippen molar-refractivity contribution in [1.29, 1.82) is 0 Å². The summed E-state index contributed by atoms with van der Waals surface area (Å²) in [6, 6.07) is 0. The molecule has 6 heteroatoms. The van der Waals surface area contributed by atoms with E-state index in [9.17, 15) is 9.59 Å². The number of carbonyl (C=O) groups excluding carboxylic acids is 1. The van der Waals surface area contributed by atoms with E-state index >= 15 is 0 Å². The predicted octanol–water partition coefficient (Wildman–Crippen LogP) is 5.81. The molecule has 0 amide bonds. The Hall–Kier alpha value is -1.98. The van der Waals surface area contributed by atoms with Gasteiger partial charge in [-0.05, 0) is 6.42 Å². The number of esters is 1. The van der Waals surface area contributed by atoms with Crippen LogP contribution in [0.15, 0.2) is 12.4 Å². The van der Waals surface area contributed by atoms with Gasteiger partial charge in [0.1, 0.15) is 0 Å². The molecule has 0 saturated heterocycles. The highest BCUT2D eigenvalue weighted by Gasteiger charge is 2.20. The number of hydrogen-bond donors (Lipinski definition) is 1. The zero-order valence-electron chi connectivity index (χ0n) is 17.3. The van der Waals surface area contributed by atoms with Crippen molar-refractivity contribution in [1.82, 2.24) is 9.97 Å². The van der Waals surface area contributed by atoms with Gasteiger partial charge in [0.05, 0.1) is 6.61 Å². The topological polar surface area (TPSA) is 89.4 Å².